The Morgan fingerprint density at radius 1 is 1.14 bits per heavy atom. The number of fused-ring (bicyclic) bond motifs is 1. The van der Waals surface area contributed by atoms with Gasteiger partial charge in [-0.05, 0) is 16.3 Å². The van der Waals surface area contributed by atoms with Gasteiger partial charge in [0.15, 0.2) is 5.69 Å². The van der Waals surface area contributed by atoms with Crippen molar-refractivity contribution in [3.63, 3.8) is 0 Å². The van der Waals surface area contributed by atoms with E-state index >= 15 is 0 Å². The maximum absolute atomic E-state index is 12.6. The SMILES string of the molecule is O=C(Nc1cnn(Cc2cccc3ccccc23)c1)c1cc(C(F)(F)F)[nH]n1. The summed E-state index contributed by atoms with van der Waals surface area (Å²) >= 11 is 0. The fraction of sp³-hybridized carbons (Fsp3) is 0.105. The molecule has 4 aromatic rings. The van der Waals surface area contributed by atoms with E-state index in [1.54, 1.807) is 10.9 Å². The van der Waals surface area contributed by atoms with Crippen LogP contribution in [-0.2, 0) is 12.7 Å². The maximum atomic E-state index is 12.6. The first kappa shape index (κ1) is 17.8. The van der Waals surface area contributed by atoms with E-state index in [1.165, 1.54) is 6.20 Å². The van der Waals surface area contributed by atoms with Crippen LogP contribution in [0.3, 0.4) is 0 Å². The van der Waals surface area contributed by atoms with Crippen molar-refractivity contribution in [1.82, 2.24) is 20.0 Å². The molecule has 6 nitrogen and oxygen atoms in total. The molecule has 0 bridgehead atoms. The summed E-state index contributed by atoms with van der Waals surface area (Å²) in [7, 11) is 0. The molecule has 0 saturated heterocycles. The first-order valence-corrected chi connectivity index (χ1v) is 8.33. The first-order valence-electron chi connectivity index (χ1n) is 8.33. The monoisotopic (exact) mass is 385 g/mol. The van der Waals surface area contributed by atoms with Gasteiger partial charge in [-0.25, -0.2) is 0 Å². The van der Waals surface area contributed by atoms with E-state index in [-0.39, 0.29) is 5.69 Å². The van der Waals surface area contributed by atoms with Crippen LogP contribution in [-0.4, -0.2) is 25.9 Å². The van der Waals surface area contributed by atoms with E-state index < -0.39 is 17.8 Å². The van der Waals surface area contributed by atoms with E-state index in [2.05, 4.69) is 15.5 Å². The molecule has 1 amide bonds. The number of H-pyrrole nitrogens is 1. The molecule has 9 heteroatoms. The summed E-state index contributed by atoms with van der Waals surface area (Å²) in [6.45, 7) is 0.484. The summed E-state index contributed by atoms with van der Waals surface area (Å²) in [4.78, 5) is 12.1. The Morgan fingerprint density at radius 2 is 1.93 bits per heavy atom. The molecule has 2 aromatic carbocycles. The molecular formula is C19H14F3N5O. The van der Waals surface area contributed by atoms with E-state index in [0.29, 0.717) is 18.3 Å². The number of hydrogen-bond acceptors (Lipinski definition) is 3. The molecule has 0 radical (unpaired) electrons. The minimum absolute atomic E-state index is 0.353. The molecule has 2 aromatic heterocycles. The smallest absolute Gasteiger partial charge is 0.318 e. The van der Waals surface area contributed by atoms with Crippen molar-refractivity contribution >= 4 is 22.4 Å². The molecule has 0 saturated carbocycles. The zero-order chi connectivity index (χ0) is 19.7. The minimum Gasteiger partial charge on any atom is -0.318 e. The van der Waals surface area contributed by atoms with Gasteiger partial charge in [-0.1, -0.05) is 42.5 Å². The lowest BCUT2D eigenvalue weighted by molar-refractivity contribution is -0.141. The summed E-state index contributed by atoms with van der Waals surface area (Å²) in [5, 5.41) is 14.1. The molecule has 142 valence electrons. The quantitative estimate of drug-likeness (QED) is 0.556. The highest BCUT2D eigenvalue weighted by Crippen LogP contribution is 2.27. The zero-order valence-electron chi connectivity index (χ0n) is 14.4. The van der Waals surface area contributed by atoms with Crippen molar-refractivity contribution in [2.24, 2.45) is 0 Å². The van der Waals surface area contributed by atoms with Gasteiger partial charge in [0, 0.05) is 12.3 Å². The van der Waals surface area contributed by atoms with Gasteiger partial charge in [0.2, 0.25) is 0 Å². The lowest BCUT2D eigenvalue weighted by Crippen LogP contribution is -2.12. The third-order valence-electron chi connectivity index (χ3n) is 4.22. The standard InChI is InChI=1S/C19H14F3N5O/c20-19(21,22)17-8-16(25-26-17)18(28)24-14-9-23-27(11-14)10-13-6-3-5-12-4-1-2-7-15(12)13/h1-9,11H,10H2,(H,24,28)(H,25,26). The number of benzene rings is 2. The van der Waals surface area contributed by atoms with Gasteiger partial charge < -0.3 is 5.32 Å². The molecule has 0 aliphatic heterocycles. The molecule has 0 aliphatic carbocycles. The van der Waals surface area contributed by atoms with Gasteiger partial charge in [0.1, 0.15) is 5.69 Å². The number of nitrogens with zero attached hydrogens (tertiary/aromatic N) is 3. The van der Waals surface area contributed by atoms with Gasteiger partial charge in [-0.3, -0.25) is 14.6 Å². The van der Waals surface area contributed by atoms with E-state index in [4.69, 9.17) is 0 Å². The lowest BCUT2D eigenvalue weighted by atomic mass is 10.0. The second-order valence-corrected chi connectivity index (χ2v) is 6.18. The molecule has 2 N–H and O–H groups in total. The first-order chi connectivity index (χ1) is 13.4. The number of rotatable bonds is 4. The molecule has 0 atom stereocenters. The highest BCUT2D eigenvalue weighted by atomic mass is 19.4. The van der Waals surface area contributed by atoms with Crippen molar-refractivity contribution in [3.05, 3.63) is 77.9 Å². The Kier molecular flexibility index (Phi) is 4.34. The Hall–Kier alpha value is -3.62. The van der Waals surface area contributed by atoms with Crippen LogP contribution in [0.15, 0.2) is 60.9 Å². The van der Waals surface area contributed by atoms with Crippen molar-refractivity contribution in [1.29, 1.82) is 0 Å². The van der Waals surface area contributed by atoms with Crippen molar-refractivity contribution in [2.45, 2.75) is 12.7 Å². The number of aromatic nitrogens is 4. The van der Waals surface area contributed by atoms with Crippen LogP contribution in [0, 0.1) is 0 Å². The van der Waals surface area contributed by atoms with Gasteiger partial charge in [-0.2, -0.15) is 23.4 Å². The van der Waals surface area contributed by atoms with Crippen LogP contribution >= 0.6 is 0 Å². The molecule has 4 rings (SSSR count). The summed E-state index contributed by atoms with van der Waals surface area (Å²) < 4.78 is 39.4. The van der Waals surface area contributed by atoms with Crippen LogP contribution in [0.2, 0.25) is 0 Å². The fourth-order valence-electron chi connectivity index (χ4n) is 2.90. The van der Waals surface area contributed by atoms with E-state index in [0.717, 1.165) is 16.3 Å². The van der Waals surface area contributed by atoms with Crippen LogP contribution in [0.1, 0.15) is 21.7 Å². The average molecular weight is 385 g/mol. The average Bonchev–Trinajstić information content (AvgIpc) is 3.31. The summed E-state index contributed by atoms with van der Waals surface area (Å²) in [6, 6.07) is 14.6. The Balaban J connectivity index is 1.48. The molecule has 0 fully saturated rings. The fourth-order valence-corrected chi connectivity index (χ4v) is 2.90. The maximum Gasteiger partial charge on any atom is 0.432 e. The highest BCUT2D eigenvalue weighted by Gasteiger charge is 2.33. The van der Waals surface area contributed by atoms with Crippen molar-refractivity contribution in [3.8, 4) is 0 Å². The number of anilines is 1. The predicted octanol–water partition coefficient (Wildman–Crippen LogP) is 4.08. The largest absolute Gasteiger partial charge is 0.432 e. The predicted molar refractivity (Wildman–Crippen MR) is 96.8 cm³/mol. The van der Waals surface area contributed by atoms with E-state index in [9.17, 15) is 18.0 Å². The molecule has 2 heterocycles. The summed E-state index contributed by atoms with van der Waals surface area (Å²) in [5.74, 6) is -0.753. The van der Waals surface area contributed by atoms with Crippen molar-refractivity contribution < 1.29 is 18.0 Å². The Bertz CT molecular complexity index is 1140. The van der Waals surface area contributed by atoms with Gasteiger partial charge in [0.25, 0.3) is 5.91 Å². The lowest BCUT2D eigenvalue weighted by Gasteiger charge is -2.06. The zero-order valence-corrected chi connectivity index (χ0v) is 14.4. The van der Waals surface area contributed by atoms with E-state index in [1.807, 2.05) is 47.6 Å². The second kappa shape index (κ2) is 6.84. The number of hydrogen-bond donors (Lipinski definition) is 2. The number of amides is 1. The summed E-state index contributed by atoms with van der Waals surface area (Å²) in [5.41, 5.74) is -0.0126. The Labute approximate surface area is 157 Å². The van der Waals surface area contributed by atoms with Crippen LogP contribution in [0.5, 0.6) is 0 Å². The molecule has 28 heavy (non-hydrogen) atoms. The molecule has 0 aliphatic rings. The second-order valence-electron chi connectivity index (χ2n) is 6.18. The number of nitrogens with one attached hydrogen (secondary N) is 2. The molecule has 0 unspecified atom stereocenters. The molecule has 0 spiro atoms. The summed E-state index contributed by atoms with van der Waals surface area (Å²) in [6.07, 6.45) is -1.55. The van der Waals surface area contributed by atoms with Gasteiger partial charge in [-0.15, -0.1) is 0 Å². The highest BCUT2D eigenvalue weighted by molar-refractivity contribution is 6.02. The molecular weight excluding hydrogens is 371 g/mol. The number of halogens is 3. The number of alkyl halides is 3. The van der Waals surface area contributed by atoms with Crippen LogP contribution in [0.25, 0.3) is 10.8 Å². The third kappa shape index (κ3) is 3.59. The van der Waals surface area contributed by atoms with Crippen LogP contribution < -0.4 is 5.32 Å². The van der Waals surface area contributed by atoms with Crippen LogP contribution in [0.4, 0.5) is 18.9 Å². The number of carbonyl (C=O) groups excluding carboxylic acids is 1. The Morgan fingerprint density at radius 3 is 2.71 bits per heavy atom. The number of carbonyl (C=O) groups is 1. The third-order valence-corrected chi connectivity index (χ3v) is 4.22. The normalized spacial score (nSPS) is 11.7. The van der Waals surface area contributed by atoms with Gasteiger partial charge in [0.05, 0.1) is 18.4 Å². The topological polar surface area (TPSA) is 75.6 Å². The van der Waals surface area contributed by atoms with Crippen molar-refractivity contribution in [2.75, 3.05) is 5.32 Å². The van der Waals surface area contributed by atoms with Gasteiger partial charge >= 0.3 is 6.18 Å². The minimum atomic E-state index is -4.59. The number of aromatic amines is 1.